The summed E-state index contributed by atoms with van der Waals surface area (Å²) in [4.78, 5) is 4.55. The first-order chi connectivity index (χ1) is 9.24. The van der Waals surface area contributed by atoms with Crippen molar-refractivity contribution in [1.29, 1.82) is 0 Å². The van der Waals surface area contributed by atoms with Crippen molar-refractivity contribution in [2.24, 2.45) is 4.99 Å². The minimum Gasteiger partial charge on any atom is -0.495 e. The van der Waals surface area contributed by atoms with E-state index in [4.69, 9.17) is 21.1 Å². The van der Waals surface area contributed by atoms with Crippen LogP contribution in [0.4, 0.5) is 5.69 Å². The van der Waals surface area contributed by atoms with E-state index >= 15 is 0 Å². The van der Waals surface area contributed by atoms with Gasteiger partial charge in [-0.3, -0.25) is 4.99 Å². The zero-order valence-electron chi connectivity index (χ0n) is 11.3. The quantitative estimate of drug-likeness (QED) is 0.918. The summed E-state index contributed by atoms with van der Waals surface area (Å²) in [6.07, 6.45) is 4.52. The monoisotopic (exact) mass is 282 g/mol. The number of halogens is 1. The fourth-order valence-electron chi connectivity index (χ4n) is 2.09. The Hall–Kier alpha value is -1.42. The van der Waals surface area contributed by atoms with E-state index in [2.05, 4.69) is 10.3 Å². The molecule has 0 fully saturated rings. The molecule has 2 rings (SSSR count). The van der Waals surface area contributed by atoms with E-state index in [9.17, 15) is 0 Å². The Balaban J connectivity index is 2.24. The van der Waals surface area contributed by atoms with E-state index in [1.165, 1.54) is 12.8 Å². The van der Waals surface area contributed by atoms with E-state index in [0.717, 1.165) is 30.9 Å². The number of hydrogen-bond donors (Lipinski definition) is 1. The molecule has 1 aliphatic rings. The van der Waals surface area contributed by atoms with Gasteiger partial charge in [0.25, 0.3) is 0 Å². The van der Waals surface area contributed by atoms with Crippen LogP contribution in [0.5, 0.6) is 11.5 Å². The van der Waals surface area contributed by atoms with Crippen molar-refractivity contribution >= 4 is 23.1 Å². The average Bonchev–Trinajstić information content (AvgIpc) is 2.69. The van der Waals surface area contributed by atoms with Crippen molar-refractivity contribution in [3.05, 3.63) is 17.2 Å². The van der Waals surface area contributed by atoms with Crippen molar-refractivity contribution < 1.29 is 9.47 Å². The van der Waals surface area contributed by atoms with E-state index < -0.39 is 0 Å². The van der Waals surface area contributed by atoms with Gasteiger partial charge in [-0.05, 0) is 12.8 Å². The van der Waals surface area contributed by atoms with Gasteiger partial charge in [-0.1, -0.05) is 18.0 Å². The molecule has 1 aromatic carbocycles. The second kappa shape index (κ2) is 6.66. The Bertz CT molecular complexity index is 475. The maximum Gasteiger partial charge on any atom is 0.144 e. The van der Waals surface area contributed by atoms with Gasteiger partial charge in [-0.25, -0.2) is 0 Å². The number of benzene rings is 1. The van der Waals surface area contributed by atoms with Crippen LogP contribution < -0.4 is 14.8 Å². The van der Waals surface area contributed by atoms with Gasteiger partial charge >= 0.3 is 0 Å². The van der Waals surface area contributed by atoms with Crippen LogP contribution in [0, 0.1) is 0 Å². The predicted molar refractivity (Wildman–Crippen MR) is 78.9 cm³/mol. The summed E-state index contributed by atoms with van der Waals surface area (Å²) in [6, 6.07) is 3.59. The highest BCUT2D eigenvalue weighted by Gasteiger charge is 2.12. The van der Waals surface area contributed by atoms with Crippen LogP contribution in [0.3, 0.4) is 0 Å². The normalized spacial score (nSPS) is 15.4. The topological polar surface area (TPSA) is 42.8 Å². The molecule has 1 N–H and O–H groups in total. The Kier molecular flexibility index (Phi) is 4.91. The predicted octanol–water partition coefficient (Wildman–Crippen LogP) is 3.74. The highest BCUT2D eigenvalue weighted by Crippen LogP contribution is 2.36. The summed E-state index contributed by atoms with van der Waals surface area (Å²) in [5, 5.41) is 3.86. The summed E-state index contributed by atoms with van der Waals surface area (Å²) in [5.41, 5.74) is 0.837. The number of nitrogens with zero attached hydrogens (tertiary/aromatic N) is 1. The van der Waals surface area contributed by atoms with Crippen LogP contribution in [0.1, 0.15) is 25.7 Å². The van der Waals surface area contributed by atoms with E-state index in [1.807, 2.05) is 6.07 Å². The zero-order valence-corrected chi connectivity index (χ0v) is 12.1. The molecular formula is C14H19ClN2O2. The van der Waals surface area contributed by atoms with Gasteiger partial charge in [-0.2, -0.15) is 0 Å². The minimum absolute atomic E-state index is 0.535. The van der Waals surface area contributed by atoms with Crippen LogP contribution in [0.2, 0.25) is 5.02 Å². The number of rotatable bonds is 3. The number of amidine groups is 1. The first-order valence-electron chi connectivity index (χ1n) is 6.46. The van der Waals surface area contributed by atoms with Crippen molar-refractivity contribution in [1.82, 2.24) is 0 Å². The van der Waals surface area contributed by atoms with Crippen molar-refractivity contribution in [2.45, 2.75) is 25.7 Å². The third kappa shape index (κ3) is 3.53. The Morgan fingerprint density at radius 2 is 1.89 bits per heavy atom. The standard InChI is InChI=1S/C14H19ClN2O2/c1-18-12-9-11(13(19-2)8-10(12)15)17-14-6-4-3-5-7-16-14/h8-9H,3-7H2,1-2H3,(H,16,17). The van der Waals surface area contributed by atoms with Crippen LogP contribution in [-0.4, -0.2) is 26.6 Å². The Morgan fingerprint density at radius 1 is 1.11 bits per heavy atom. The molecule has 0 aromatic heterocycles. The van der Waals surface area contributed by atoms with Crippen molar-refractivity contribution in [2.75, 3.05) is 26.1 Å². The summed E-state index contributed by atoms with van der Waals surface area (Å²) in [7, 11) is 3.22. The molecule has 0 bridgehead atoms. The molecule has 0 saturated heterocycles. The van der Waals surface area contributed by atoms with Gasteiger partial charge in [0, 0.05) is 25.1 Å². The lowest BCUT2D eigenvalue weighted by molar-refractivity contribution is 0.405. The minimum atomic E-state index is 0.535. The van der Waals surface area contributed by atoms with Crippen molar-refractivity contribution in [3.63, 3.8) is 0 Å². The highest BCUT2D eigenvalue weighted by molar-refractivity contribution is 6.32. The molecule has 104 valence electrons. The third-order valence-electron chi connectivity index (χ3n) is 3.13. The Labute approximate surface area is 118 Å². The molecule has 0 atom stereocenters. The second-order valence-electron chi connectivity index (χ2n) is 4.45. The number of hydrogen-bond acceptors (Lipinski definition) is 4. The van der Waals surface area contributed by atoms with Crippen molar-refractivity contribution in [3.8, 4) is 11.5 Å². The SMILES string of the molecule is COc1cc(NC2=NCCCCC2)c(OC)cc1Cl. The smallest absolute Gasteiger partial charge is 0.144 e. The first kappa shape index (κ1) is 14.0. The van der Waals surface area contributed by atoms with Crippen LogP contribution in [-0.2, 0) is 0 Å². The average molecular weight is 283 g/mol. The first-order valence-corrected chi connectivity index (χ1v) is 6.84. The summed E-state index contributed by atoms with van der Waals surface area (Å²) in [6.45, 7) is 0.884. The summed E-state index contributed by atoms with van der Waals surface area (Å²) < 4.78 is 10.6. The fraction of sp³-hybridized carbons (Fsp3) is 0.500. The maximum absolute atomic E-state index is 6.09. The lowest BCUT2D eigenvalue weighted by Crippen LogP contribution is -2.12. The molecule has 1 aliphatic heterocycles. The summed E-state index contributed by atoms with van der Waals surface area (Å²) >= 11 is 6.09. The van der Waals surface area contributed by atoms with Gasteiger partial charge in [0.1, 0.15) is 17.3 Å². The van der Waals surface area contributed by atoms with Gasteiger partial charge in [0.05, 0.1) is 24.9 Å². The molecule has 0 radical (unpaired) electrons. The van der Waals surface area contributed by atoms with E-state index in [0.29, 0.717) is 16.5 Å². The molecular weight excluding hydrogens is 264 g/mol. The molecule has 1 heterocycles. The van der Waals surface area contributed by atoms with Gasteiger partial charge in [0.15, 0.2) is 0 Å². The second-order valence-corrected chi connectivity index (χ2v) is 4.86. The molecule has 0 unspecified atom stereocenters. The highest BCUT2D eigenvalue weighted by atomic mass is 35.5. The summed E-state index contributed by atoms with van der Waals surface area (Å²) in [5.74, 6) is 2.32. The van der Waals surface area contributed by atoms with Crippen LogP contribution in [0.25, 0.3) is 0 Å². The molecule has 19 heavy (non-hydrogen) atoms. The molecule has 0 spiro atoms. The van der Waals surface area contributed by atoms with E-state index in [1.54, 1.807) is 20.3 Å². The molecule has 4 nitrogen and oxygen atoms in total. The number of ether oxygens (including phenoxy) is 2. The zero-order chi connectivity index (χ0) is 13.7. The lowest BCUT2D eigenvalue weighted by atomic mass is 10.2. The van der Waals surface area contributed by atoms with Gasteiger partial charge in [-0.15, -0.1) is 0 Å². The molecule has 0 saturated carbocycles. The lowest BCUT2D eigenvalue weighted by Gasteiger charge is -2.14. The van der Waals surface area contributed by atoms with Crippen LogP contribution >= 0.6 is 11.6 Å². The third-order valence-corrected chi connectivity index (χ3v) is 3.42. The molecule has 5 heteroatoms. The van der Waals surface area contributed by atoms with Gasteiger partial charge in [0.2, 0.25) is 0 Å². The Morgan fingerprint density at radius 3 is 2.63 bits per heavy atom. The largest absolute Gasteiger partial charge is 0.495 e. The van der Waals surface area contributed by atoms with E-state index in [-0.39, 0.29) is 0 Å². The fourth-order valence-corrected chi connectivity index (χ4v) is 2.32. The number of nitrogens with one attached hydrogen (secondary N) is 1. The maximum atomic E-state index is 6.09. The van der Waals surface area contributed by atoms with Crippen LogP contribution in [0.15, 0.2) is 17.1 Å². The molecule has 0 aliphatic carbocycles. The number of methoxy groups -OCH3 is 2. The number of anilines is 1. The number of aliphatic imine (C=N–C) groups is 1. The van der Waals surface area contributed by atoms with Gasteiger partial charge < -0.3 is 14.8 Å². The molecule has 0 amide bonds. The molecule has 1 aromatic rings.